The molecule has 14 heavy (non-hydrogen) atoms. The van der Waals surface area contributed by atoms with Gasteiger partial charge in [0.05, 0.1) is 12.7 Å². The lowest BCUT2D eigenvalue weighted by molar-refractivity contribution is -0.139. The van der Waals surface area contributed by atoms with Crippen molar-refractivity contribution < 1.29 is 14.2 Å². The van der Waals surface area contributed by atoms with Crippen LogP contribution < -0.4 is 0 Å². The van der Waals surface area contributed by atoms with Gasteiger partial charge in [-0.25, -0.2) is 0 Å². The number of hydrogen-bond acceptors (Lipinski definition) is 3. The maximum atomic E-state index is 6.05. The van der Waals surface area contributed by atoms with E-state index in [4.69, 9.17) is 14.2 Å². The zero-order valence-electron chi connectivity index (χ0n) is 9.45. The van der Waals surface area contributed by atoms with E-state index in [-0.39, 0.29) is 11.7 Å². The number of fused-ring (bicyclic) bond motifs is 2. The number of methoxy groups -OCH3 is 2. The Labute approximate surface area is 86.5 Å². The fraction of sp³-hybridized carbons (Fsp3) is 1.00. The Morgan fingerprint density at radius 2 is 2.21 bits per heavy atom. The summed E-state index contributed by atoms with van der Waals surface area (Å²) in [4.78, 5) is 0. The Kier molecular flexibility index (Phi) is 2.62. The summed E-state index contributed by atoms with van der Waals surface area (Å²) in [6.45, 7) is 2.88. The van der Waals surface area contributed by atoms with Crippen molar-refractivity contribution in [3.63, 3.8) is 0 Å². The Morgan fingerprint density at radius 1 is 1.50 bits per heavy atom. The second-order valence-electron chi connectivity index (χ2n) is 4.67. The van der Waals surface area contributed by atoms with Crippen LogP contribution in [0.5, 0.6) is 0 Å². The van der Waals surface area contributed by atoms with Crippen molar-refractivity contribution in [1.29, 1.82) is 0 Å². The maximum Gasteiger partial charge on any atom is 0.139 e. The second kappa shape index (κ2) is 3.51. The molecule has 0 radical (unpaired) electrons. The van der Waals surface area contributed by atoms with Gasteiger partial charge in [0.2, 0.25) is 0 Å². The van der Waals surface area contributed by atoms with E-state index in [0.29, 0.717) is 24.4 Å². The molecule has 4 heteroatoms. The Bertz CT molecular complexity index is 223. The van der Waals surface area contributed by atoms with Crippen molar-refractivity contribution >= 4 is 7.85 Å². The molecule has 0 aromatic rings. The number of ether oxygens (including phenoxy) is 3. The third-order valence-electron chi connectivity index (χ3n) is 3.96. The molecule has 0 aromatic carbocycles. The second-order valence-corrected chi connectivity index (χ2v) is 4.67. The molecule has 2 fully saturated rings. The van der Waals surface area contributed by atoms with Crippen LogP contribution in [0.4, 0.5) is 0 Å². The van der Waals surface area contributed by atoms with E-state index in [0.717, 1.165) is 0 Å². The maximum absolute atomic E-state index is 6.05. The molecule has 1 aliphatic heterocycles. The van der Waals surface area contributed by atoms with Gasteiger partial charge in [0.15, 0.2) is 0 Å². The fourth-order valence-electron chi connectivity index (χ4n) is 3.29. The average molecular weight is 198 g/mol. The Balaban J connectivity index is 2.25. The van der Waals surface area contributed by atoms with Crippen LogP contribution in [-0.4, -0.2) is 46.4 Å². The lowest BCUT2D eigenvalue weighted by atomic mass is 9.84. The van der Waals surface area contributed by atoms with Crippen molar-refractivity contribution in [3.8, 4) is 0 Å². The Morgan fingerprint density at radius 3 is 2.79 bits per heavy atom. The van der Waals surface area contributed by atoms with E-state index < -0.39 is 0 Å². The van der Waals surface area contributed by atoms with Gasteiger partial charge in [0.25, 0.3) is 0 Å². The number of hydrogen-bond donors (Lipinski definition) is 0. The van der Waals surface area contributed by atoms with E-state index in [9.17, 15) is 0 Å². The van der Waals surface area contributed by atoms with Crippen LogP contribution >= 0.6 is 0 Å². The van der Waals surface area contributed by atoms with Gasteiger partial charge in [-0.1, -0.05) is 6.92 Å². The zero-order chi connectivity index (χ0) is 10.3. The molecule has 1 saturated carbocycles. The summed E-state index contributed by atoms with van der Waals surface area (Å²) in [5, 5.41) is 0. The SMILES string of the molecule is BC1O[C@@]2(COC)C(C)CC1C2OC. The molecule has 0 N–H and O–H groups in total. The molecule has 1 saturated heterocycles. The minimum atomic E-state index is -0.187. The Hall–Kier alpha value is -0.0551. The average Bonchev–Trinajstić information content (AvgIpc) is 2.54. The van der Waals surface area contributed by atoms with Crippen LogP contribution in [-0.2, 0) is 14.2 Å². The van der Waals surface area contributed by atoms with Crippen molar-refractivity contribution in [1.82, 2.24) is 0 Å². The first-order chi connectivity index (χ1) is 6.65. The molecule has 80 valence electrons. The zero-order valence-corrected chi connectivity index (χ0v) is 9.45. The smallest absolute Gasteiger partial charge is 0.139 e. The van der Waals surface area contributed by atoms with E-state index in [2.05, 4.69) is 14.8 Å². The molecule has 0 amide bonds. The van der Waals surface area contributed by atoms with Crippen molar-refractivity contribution in [3.05, 3.63) is 0 Å². The summed E-state index contributed by atoms with van der Waals surface area (Å²) < 4.78 is 16.9. The summed E-state index contributed by atoms with van der Waals surface area (Å²) >= 11 is 0. The molecule has 2 bridgehead atoms. The minimum Gasteiger partial charge on any atom is -0.382 e. The van der Waals surface area contributed by atoms with Gasteiger partial charge in [0.1, 0.15) is 13.4 Å². The van der Waals surface area contributed by atoms with Crippen LogP contribution in [0.1, 0.15) is 13.3 Å². The van der Waals surface area contributed by atoms with E-state index in [1.807, 2.05) is 0 Å². The molecule has 5 atom stereocenters. The van der Waals surface area contributed by atoms with Crippen LogP contribution in [0.15, 0.2) is 0 Å². The molecule has 4 unspecified atom stereocenters. The molecule has 1 heterocycles. The van der Waals surface area contributed by atoms with Crippen molar-refractivity contribution in [2.24, 2.45) is 11.8 Å². The number of rotatable bonds is 3. The molecule has 0 spiro atoms. The van der Waals surface area contributed by atoms with Crippen LogP contribution in [0.3, 0.4) is 0 Å². The first-order valence-electron chi connectivity index (χ1n) is 5.35. The topological polar surface area (TPSA) is 27.7 Å². The molecule has 3 nitrogen and oxygen atoms in total. The van der Waals surface area contributed by atoms with Crippen LogP contribution in [0, 0.1) is 11.8 Å². The first kappa shape index (κ1) is 10.5. The highest BCUT2D eigenvalue weighted by Gasteiger charge is 2.62. The van der Waals surface area contributed by atoms with E-state index >= 15 is 0 Å². The summed E-state index contributed by atoms with van der Waals surface area (Å²) in [5.41, 5.74) is -0.187. The summed E-state index contributed by atoms with van der Waals surface area (Å²) in [5.74, 6) is 1.08. The highest BCUT2D eigenvalue weighted by Crippen LogP contribution is 2.52. The monoisotopic (exact) mass is 198 g/mol. The first-order valence-corrected chi connectivity index (χ1v) is 5.35. The van der Waals surface area contributed by atoms with Gasteiger partial charge in [0, 0.05) is 26.1 Å². The quantitative estimate of drug-likeness (QED) is 0.599. The highest BCUT2D eigenvalue weighted by molar-refractivity contribution is 6.11. The standard InChI is InChI=1S/C10H19BO3/c1-6-4-7-8(13-3)10(6,5-12-2)14-9(7)11/h6-9H,4-5,11H2,1-3H3/t6?,7?,8?,9?,10-/m0/s1. The van der Waals surface area contributed by atoms with Crippen molar-refractivity contribution in [2.45, 2.75) is 31.1 Å². The molecule has 0 aromatic heterocycles. The third kappa shape index (κ3) is 1.17. The predicted octanol–water partition coefficient (Wildman–Crippen LogP) is 0.0320. The predicted molar refractivity (Wildman–Crippen MR) is 56.1 cm³/mol. The van der Waals surface area contributed by atoms with Crippen molar-refractivity contribution in [2.75, 3.05) is 20.8 Å². The molecular formula is C10H19BO3. The molecule has 2 rings (SSSR count). The van der Waals surface area contributed by atoms with Gasteiger partial charge in [-0.05, 0) is 12.3 Å². The van der Waals surface area contributed by atoms with Crippen LogP contribution in [0.25, 0.3) is 0 Å². The summed E-state index contributed by atoms with van der Waals surface area (Å²) in [6.07, 6.45) is 1.41. The van der Waals surface area contributed by atoms with Gasteiger partial charge < -0.3 is 14.2 Å². The van der Waals surface area contributed by atoms with Gasteiger partial charge in [-0.3, -0.25) is 0 Å². The molecule has 2 aliphatic rings. The van der Waals surface area contributed by atoms with Gasteiger partial charge in [-0.15, -0.1) is 0 Å². The van der Waals surface area contributed by atoms with E-state index in [1.165, 1.54) is 6.42 Å². The lowest BCUT2D eigenvalue weighted by Crippen LogP contribution is -2.47. The minimum absolute atomic E-state index is 0.187. The van der Waals surface area contributed by atoms with Gasteiger partial charge in [-0.2, -0.15) is 0 Å². The molecule has 1 aliphatic carbocycles. The lowest BCUT2D eigenvalue weighted by Gasteiger charge is -2.35. The normalized spacial score (nSPS) is 51.4. The van der Waals surface area contributed by atoms with Gasteiger partial charge >= 0.3 is 0 Å². The van der Waals surface area contributed by atoms with E-state index in [1.54, 1.807) is 14.2 Å². The summed E-state index contributed by atoms with van der Waals surface area (Å²) in [6, 6.07) is 0.311. The largest absolute Gasteiger partial charge is 0.382 e. The fourth-order valence-corrected chi connectivity index (χ4v) is 3.29. The highest BCUT2D eigenvalue weighted by atomic mass is 16.6. The van der Waals surface area contributed by atoms with Crippen LogP contribution in [0.2, 0.25) is 0 Å². The summed E-state index contributed by atoms with van der Waals surface area (Å²) in [7, 11) is 5.65. The molecular weight excluding hydrogens is 179 g/mol. The third-order valence-corrected chi connectivity index (χ3v) is 3.96.